The van der Waals surface area contributed by atoms with Crippen molar-refractivity contribution in [2.24, 2.45) is 4.99 Å². The number of hydrogen-bond acceptors (Lipinski definition) is 7. The maximum absolute atomic E-state index is 13.3. The van der Waals surface area contributed by atoms with Crippen LogP contribution in [0.1, 0.15) is 22.7 Å². The van der Waals surface area contributed by atoms with Gasteiger partial charge in [0.25, 0.3) is 0 Å². The summed E-state index contributed by atoms with van der Waals surface area (Å²) in [6, 6.07) is 22.4. The van der Waals surface area contributed by atoms with E-state index < -0.39 is 15.7 Å². The zero-order valence-electron chi connectivity index (χ0n) is 20.4. The van der Waals surface area contributed by atoms with Crippen LogP contribution in [-0.2, 0) is 14.6 Å². The Kier molecular flexibility index (Phi) is 6.95. The number of aliphatic imine (C=N–C) groups is 1. The lowest BCUT2D eigenvalue weighted by Gasteiger charge is -2.35. The minimum atomic E-state index is -3.66. The normalized spacial score (nSPS) is 16.3. The minimum Gasteiger partial charge on any atom is -0.379 e. The summed E-state index contributed by atoms with van der Waals surface area (Å²) in [4.78, 5) is 7.28. The zero-order chi connectivity index (χ0) is 25.1. The third-order valence-corrected chi connectivity index (χ3v) is 7.85. The molecule has 4 aromatic rings. The van der Waals surface area contributed by atoms with Gasteiger partial charge in [0.05, 0.1) is 29.7 Å². The topological polar surface area (TPSA) is 89.7 Å². The summed E-state index contributed by atoms with van der Waals surface area (Å²) in [7, 11) is -3.66. The predicted molar refractivity (Wildman–Crippen MR) is 140 cm³/mol. The van der Waals surface area contributed by atoms with Gasteiger partial charge in [0.1, 0.15) is 17.2 Å². The lowest BCUT2D eigenvalue weighted by Crippen LogP contribution is -2.44. The van der Waals surface area contributed by atoms with Gasteiger partial charge in [0, 0.05) is 13.1 Å². The monoisotopic (exact) mass is 503 g/mol. The average Bonchev–Trinajstić information content (AvgIpc) is 3.32. The Morgan fingerprint density at radius 3 is 2.28 bits per heavy atom. The molecular weight excluding hydrogens is 474 g/mol. The summed E-state index contributed by atoms with van der Waals surface area (Å²) >= 11 is 0. The summed E-state index contributed by atoms with van der Waals surface area (Å²) < 4.78 is 33.8. The highest BCUT2D eigenvalue weighted by molar-refractivity contribution is 7.91. The molecule has 0 spiro atoms. The standard InChI is InChI=1S/C27H29N5O3S/c1-20-7-11-22(12-8-20)26(31-15-17-35-18-16-31)27(32-25-6-4-3-5-24(25)29-30-32)28-19-36(33,34)23-13-9-21(2)10-14-23/h3-14,26H,15-19H2,1-2H3. The molecular formula is C27H29N5O3S. The third kappa shape index (κ3) is 5.09. The summed E-state index contributed by atoms with van der Waals surface area (Å²) in [5.74, 6) is 0.122. The Morgan fingerprint density at radius 1 is 0.944 bits per heavy atom. The molecule has 0 radical (unpaired) electrons. The van der Waals surface area contributed by atoms with Crippen molar-refractivity contribution in [2.45, 2.75) is 24.8 Å². The molecule has 3 aromatic carbocycles. The fourth-order valence-corrected chi connectivity index (χ4v) is 5.39. The quantitative estimate of drug-likeness (QED) is 0.294. The van der Waals surface area contributed by atoms with Gasteiger partial charge in [0.2, 0.25) is 0 Å². The molecule has 186 valence electrons. The molecule has 2 heterocycles. The first-order valence-corrected chi connectivity index (χ1v) is 13.6. The number of morpholine rings is 1. The fraction of sp³-hybridized carbons (Fsp3) is 0.296. The molecule has 1 aliphatic heterocycles. The molecule has 1 aliphatic rings. The van der Waals surface area contributed by atoms with Crippen molar-refractivity contribution in [3.8, 4) is 0 Å². The Morgan fingerprint density at radius 2 is 1.58 bits per heavy atom. The SMILES string of the molecule is Cc1ccc(C(C(=NCS(=O)(=O)c2ccc(C)cc2)n2nnc3ccccc32)N2CCOCC2)cc1. The number of benzene rings is 3. The highest BCUT2D eigenvalue weighted by Gasteiger charge is 2.31. The Hall–Kier alpha value is -3.40. The number of sulfone groups is 1. The maximum atomic E-state index is 13.3. The summed E-state index contributed by atoms with van der Waals surface area (Å²) in [6.07, 6.45) is 0. The van der Waals surface area contributed by atoms with E-state index in [1.54, 1.807) is 28.9 Å². The van der Waals surface area contributed by atoms with Gasteiger partial charge >= 0.3 is 0 Å². The number of para-hydroxylation sites is 1. The molecule has 0 amide bonds. The molecule has 1 fully saturated rings. The van der Waals surface area contributed by atoms with Crippen LogP contribution in [0.3, 0.4) is 0 Å². The average molecular weight is 504 g/mol. The lowest BCUT2D eigenvalue weighted by atomic mass is 10.0. The van der Waals surface area contributed by atoms with Gasteiger partial charge in [-0.25, -0.2) is 8.42 Å². The largest absolute Gasteiger partial charge is 0.379 e. The van der Waals surface area contributed by atoms with Gasteiger partial charge in [-0.3, -0.25) is 9.89 Å². The smallest absolute Gasteiger partial charge is 0.198 e. The number of nitrogens with zero attached hydrogens (tertiary/aromatic N) is 5. The Labute approximate surface area is 211 Å². The van der Waals surface area contributed by atoms with Crippen molar-refractivity contribution in [3.05, 3.63) is 89.5 Å². The van der Waals surface area contributed by atoms with Crippen LogP contribution in [0.25, 0.3) is 11.0 Å². The molecule has 0 aliphatic carbocycles. The molecule has 5 rings (SSSR count). The van der Waals surface area contributed by atoms with Crippen LogP contribution in [0.2, 0.25) is 0 Å². The van der Waals surface area contributed by atoms with Crippen LogP contribution < -0.4 is 0 Å². The van der Waals surface area contributed by atoms with Crippen LogP contribution >= 0.6 is 0 Å². The van der Waals surface area contributed by atoms with E-state index >= 15 is 0 Å². The molecule has 1 aromatic heterocycles. The van der Waals surface area contributed by atoms with E-state index in [-0.39, 0.29) is 10.9 Å². The third-order valence-electron chi connectivity index (χ3n) is 6.39. The van der Waals surface area contributed by atoms with Gasteiger partial charge in [0.15, 0.2) is 9.84 Å². The molecule has 1 saturated heterocycles. The molecule has 9 heteroatoms. The second kappa shape index (κ2) is 10.3. The predicted octanol–water partition coefficient (Wildman–Crippen LogP) is 3.80. The number of hydrogen-bond donors (Lipinski definition) is 0. The zero-order valence-corrected chi connectivity index (χ0v) is 21.2. The first-order valence-electron chi connectivity index (χ1n) is 12.0. The molecule has 36 heavy (non-hydrogen) atoms. The van der Waals surface area contributed by atoms with Gasteiger partial charge in [-0.1, -0.05) is 64.9 Å². The summed E-state index contributed by atoms with van der Waals surface area (Å²) in [5, 5.41) is 8.75. The number of fused-ring (bicyclic) bond motifs is 1. The molecule has 1 unspecified atom stereocenters. The van der Waals surface area contributed by atoms with Crippen molar-refractivity contribution in [3.63, 3.8) is 0 Å². The first-order chi connectivity index (χ1) is 17.4. The summed E-state index contributed by atoms with van der Waals surface area (Å²) in [5.41, 5.74) is 4.64. The van der Waals surface area contributed by atoms with Gasteiger partial charge in [-0.05, 0) is 43.7 Å². The van der Waals surface area contributed by atoms with Crippen molar-refractivity contribution in [1.82, 2.24) is 19.9 Å². The van der Waals surface area contributed by atoms with Crippen LogP contribution in [0.15, 0.2) is 82.7 Å². The van der Waals surface area contributed by atoms with E-state index in [9.17, 15) is 8.42 Å². The highest BCUT2D eigenvalue weighted by Crippen LogP contribution is 2.27. The van der Waals surface area contributed by atoms with Crippen molar-refractivity contribution < 1.29 is 13.2 Å². The lowest BCUT2D eigenvalue weighted by molar-refractivity contribution is 0.0280. The Bertz CT molecular complexity index is 1470. The Balaban J connectivity index is 1.65. The van der Waals surface area contributed by atoms with E-state index in [0.29, 0.717) is 32.1 Å². The van der Waals surface area contributed by atoms with Crippen LogP contribution in [-0.4, -0.2) is 66.3 Å². The molecule has 0 saturated carbocycles. The number of aromatic nitrogens is 3. The van der Waals surface area contributed by atoms with E-state index in [1.165, 1.54) is 0 Å². The second-order valence-corrected chi connectivity index (χ2v) is 11.0. The number of ether oxygens (including phenoxy) is 1. The van der Waals surface area contributed by atoms with E-state index in [0.717, 1.165) is 27.7 Å². The summed E-state index contributed by atoms with van der Waals surface area (Å²) in [6.45, 7) is 6.53. The number of rotatable bonds is 6. The highest BCUT2D eigenvalue weighted by atomic mass is 32.2. The fourth-order valence-electron chi connectivity index (χ4n) is 4.39. The number of aryl methyl sites for hydroxylation is 2. The van der Waals surface area contributed by atoms with Crippen molar-refractivity contribution in [1.29, 1.82) is 0 Å². The molecule has 1 atom stereocenters. The molecule has 0 bridgehead atoms. The van der Waals surface area contributed by atoms with E-state index in [1.807, 2.05) is 38.1 Å². The molecule has 8 nitrogen and oxygen atoms in total. The van der Waals surface area contributed by atoms with E-state index in [2.05, 4.69) is 39.5 Å². The van der Waals surface area contributed by atoms with Gasteiger partial charge < -0.3 is 4.74 Å². The maximum Gasteiger partial charge on any atom is 0.198 e. The van der Waals surface area contributed by atoms with Crippen LogP contribution in [0.4, 0.5) is 0 Å². The first kappa shape index (κ1) is 24.3. The van der Waals surface area contributed by atoms with Gasteiger partial charge in [-0.2, -0.15) is 4.68 Å². The van der Waals surface area contributed by atoms with Crippen molar-refractivity contribution >= 4 is 26.7 Å². The van der Waals surface area contributed by atoms with Crippen LogP contribution in [0, 0.1) is 13.8 Å². The molecule has 0 N–H and O–H groups in total. The minimum absolute atomic E-state index is 0.248. The van der Waals surface area contributed by atoms with E-state index in [4.69, 9.17) is 9.73 Å². The second-order valence-electron chi connectivity index (χ2n) is 9.02. The van der Waals surface area contributed by atoms with Crippen LogP contribution in [0.5, 0.6) is 0 Å². The van der Waals surface area contributed by atoms with Gasteiger partial charge in [-0.15, -0.1) is 5.10 Å². The van der Waals surface area contributed by atoms with Crippen molar-refractivity contribution in [2.75, 3.05) is 32.2 Å².